The number of anilines is 1. The number of hydrogen-bond donors (Lipinski definition) is 1. The second kappa shape index (κ2) is 7.33. The number of nitrogens with zero attached hydrogens (tertiary/aromatic N) is 1. The van der Waals surface area contributed by atoms with Crippen molar-refractivity contribution in [1.82, 2.24) is 0 Å². The predicted octanol–water partition coefficient (Wildman–Crippen LogP) is 3.28. The van der Waals surface area contributed by atoms with Crippen molar-refractivity contribution in [2.75, 3.05) is 18.0 Å². The normalized spacial score (nSPS) is 12.8. The molecule has 0 aromatic heterocycles. The lowest BCUT2D eigenvalue weighted by Crippen LogP contribution is -2.41. The molecule has 1 rings (SSSR count). The molecule has 1 unspecified atom stereocenters. The Balaban J connectivity index is 2.67. The number of para-hydroxylation sites is 1. The van der Waals surface area contributed by atoms with Gasteiger partial charge in [-0.05, 0) is 24.5 Å². The van der Waals surface area contributed by atoms with Crippen molar-refractivity contribution in [3.8, 4) is 0 Å². The molecule has 2 nitrogen and oxygen atoms in total. The quantitative estimate of drug-likeness (QED) is 0.784. The first-order valence-corrected chi connectivity index (χ1v) is 6.70. The van der Waals surface area contributed by atoms with E-state index in [1.807, 2.05) is 0 Å². The smallest absolute Gasteiger partial charge is 0.0366 e. The van der Waals surface area contributed by atoms with Crippen LogP contribution in [0.15, 0.2) is 30.3 Å². The first-order valence-electron chi connectivity index (χ1n) is 6.70. The minimum absolute atomic E-state index is 0.243. The second-order valence-electron chi connectivity index (χ2n) is 5.04. The summed E-state index contributed by atoms with van der Waals surface area (Å²) in [5, 5.41) is 0. The highest BCUT2D eigenvalue weighted by atomic mass is 15.1. The molecule has 0 saturated heterocycles. The molecule has 96 valence electrons. The Labute approximate surface area is 106 Å². The Morgan fingerprint density at radius 2 is 1.82 bits per heavy atom. The van der Waals surface area contributed by atoms with Gasteiger partial charge in [0.15, 0.2) is 0 Å². The molecule has 2 N–H and O–H groups in total. The van der Waals surface area contributed by atoms with Crippen LogP contribution < -0.4 is 10.6 Å². The molecule has 0 radical (unpaired) electrons. The van der Waals surface area contributed by atoms with Crippen LogP contribution in [0.3, 0.4) is 0 Å². The highest BCUT2D eigenvalue weighted by Crippen LogP contribution is 2.15. The molecule has 0 amide bonds. The maximum atomic E-state index is 6.18. The van der Waals surface area contributed by atoms with E-state index in [1.54, 1.807) is 0 Å². The van der Waals surface area contributed by atoms with Gasteiger partial charge in [0.25, 0.3) is 0 Å². The minimum Gasteiger partial charge on any atom is -0.370 e. The summed E-state index contributed by atoms with van der Waals surface area (Å²) in [6, 6.07) is 10.8. The minimum atomic E-state index is 0.243. The lowest BCUT2D eigenvalue weighted by Gasteiger charge is -2.29. The van der Waals surface area contributed by atoms with E-state index in [2.05, 4.69) is 56.0 Å². The zero-order valence-electron chi connectivity index (χ0n) is 11.4. The largest absolute Gasteiger partial charge is 0.370 e. The summed E-state index contributed by atoms with van der Waals surface area (Å²) in [5.41, 5.74) is 7.47. The van der Waals surface area contributed by atoms with Gasteiger partial charge in [-0.3, -0.25) is 0 Å². The van der Waals surface area contributed by atoms with Crippen LogP contribution in [0.1, 0.15) is 33.6 Å². The Morgan fingerprint density at radius 1 is 1.18 bits per heavy atom. The standard InChI is InChI=1S/C15H26N2/c1-4-5-11-17(12-15(16)13(2)3)14-9-7-6-8-10-14/h6-10,13,15H,4-5,11-12,16H2,1-3H3. The Bertz CT molecular complexity index is 295. The van der Waals surface area contributed by atoms with Crippen molar-refractivity contribution in [1.29, 1.82) is 0 Å². The summed E-state index contributed by atoms with van der Waals surface area (Å²) >= 11 is 0. The van der Waals surface area contributed by atoms with E-state index in [1.165, 1.54) is 18.5 Å². The number of rotatable bonds is 7. The van der Waals surface area contributed by atoms with Gasteiger partial charge in [-0.1, -0.05) is 45.4 Å². The first-order chi connectivity index (χ1) is 8.15. The van der Waals surface area contributed by atoms with Crippen molar-refractivity contribution in [3.63, 3.8) is 0 Å². The predicted molar refractivity (Wildman–Crippen MR) is 76.4 cm³/mol. The fourth-order valence-corrected chi connectivity index (χ4v) is 1.78. The molecule has 0 fully saturated rings. The van der Waals surface area contributed by atoms with E-state index in [-0.39, 0.29) is 6.04 Å². The molecule has 0 aliphatic rings. The molecule has 0 aliphatic heterocycles. The fourth-order valence-electron chi connectivity index (χ4n) is 1.78. The number of unbranched alkanes of at least 4 members (excludes halogenated alkanes) is 1. The van der Waals surface area contributed by atoms with Crippen molar-refractivity contribution in [2.24, 2.45) is 11.7 Å². The molecule has 1 aromatic rings. The van der Waals surface area contributed by atoms with Gasteiger partial charge >= 0.3 is 0 Å². The average molecular weight is 234 g/mol. The monoisotopic (exact) mass is 234 g/mol. The molecule has 2 heteroatoms. The van der Waals surface area contributed by atoms with Gasteiger partial charge in [0.05, 0.1) is 0 Å². The maximum Gasteiger partial charge on any atom is 0.0366 e. The highest BCUT2D eigenvalue weighted by molar-refractivity contribution is 5.46. The molecule has 1 atom stereocenters. The molecule has 17 heavy (non-hydrogen) atoms. The maximum absolute atomic E-state index is 6.18. The van der Waals surface area contributed by atoms with Crippen LogP contribution >= 0.6 is 0 Å². The van der Waals surface area contributed by atoms with Gasteiger partial charge in [-0.15, -0.1) is 0 Å². The number of benzene rings is 1. The van der Waals surface area contributed by atoms with Gasteiger partial charge in [-0.25, -0.2) is 0 Å². The van der Waals surface area contributed by atoms with Crippen LogP contribution in [0.5, 0.6) is 0 Å². The van der Waals surface area contributed by atoms with Crippen molar-refractivity contribution >= 4 is 5.69 Å². The molecule has 0 spiro atoms. The van der Waals surface area contributed by atoms with E-state index < -0.39 is 0 Å². The average Bonchev–Trinajstić information content (AvgIpc) is 2.35. The highest BCUT2D eigenvalue weighted by Gasteiger charge is 2.13. The SMILES string of the molecule is CCCCN(CC(N)C(C)C)c1ccccc1. The van der Waals surface area contributed by atoms with Crippen molar-refractivity contribution in [2.45, 2.75) is 39.7 Å². The fraction of sp³-hybridized carbons (Fsp3) is 0.600. The zero-order valence-corrected chi connectivity index (χ0v) is 11.4. The lowest BCUT2D eigenvalue weighted by atomic mass is 10.0. The Hall–Kier alpha value is -1.02. The Morgan fingerprint density at radius 3 is 2.35 bits per heavy atom. The van der Waals surface area contributed by atoms with Crippen LogP contribution in [0, 0.1) is 5.92 Å². The van der Waals surface area contributed by atoms with Crippen LogP contribution in [-0.2, 0) is 0 Å². The van der Waals surface area contributed by atoms with Gasteiger partial charge < -0.3 is 10.6 Å². The van der Waals surface area contributed by atoms with Crippen molar-refractivity contribution in [3.05, 3.63) is 30.3 Å². The summed E-state index contributed by atoms with van der Waals surface area (Å²) in [7, 11) is 0. The van der Waals surface area contributed by atoms with Crippen LogP contribution in [0.2, 0.25) is 0 Å². The van der Waals surface area contributed by atoms with E-state index in [0.717, 1.165) is 13.1 Å². The van der Waals surface area contributed by atoms with Crippen LogP contribution in [0.25, 0.3) is 0 Å². The van der Waals surface area contributed by atoms with Gasteiger partial charge in [0.2, 0.25) is 0 Å². The summed E-state index contributed by atoms with van der Waals surface area (Å²) in [6.45, 7) is 8.65. The van der Waals surface area contributed by atoms with E-state index in [0.29, 0.717) is 5.92 Å². The molecular weight excluding hydrogens is 208 g/mol. The molecular formula is C15H26N2. The molecule has 1 aromatic carbocycles. The van der Waals surface area contributed by atoms with Gasteiger partial charge in [-0.2, -0.15) is 0 Å². The van der Waals surface area contributed by atoms with Gasteiger partial charge in [0, 0.05) is 24.8 Å². The first kappa shape index (κ1) is 14.0. The zero-order chi connectivity index (χ0) is 12.7. The van der Waals surface area contributed by atoms with Crippen LogP contribution in [0.4, 0.5) is 5.69 Å². The summed E-state index contributed by atoms with van der Waals surface area (Å²) in [4.78, 5) is 2.41. The third-order valence-corrected chi connectivity index (χ3v) is 3.19. The third-order valence-electron chi connectivity index (χ3n) is 3.19. The topological polar surface area (TPSA) is 29.3 Å². The summed E-state index contributed by atoms with van der Waals surface area (Å²) in [5.74, 6) is 0.530. The lowest BCUT2D eigenvalue weighted by molar-refractivity contribution is 0.482. The Kier molecular flexibility index (Phi) is 6.06. The molecule has 0 bridgehead atoms. The second-order valence-corrected chi connectivity index (χ2v) is 5.04. The molecule has 0 heterocycles. The number of hydrogen-bond acceptors (Lipinski definition) is 2. The van der Waals surface area contributed by atoms with E-state index in [9.17, 15) is 0 Å². The molecule has 0 aliphatic carbocycles. The van der Waals surface area contributed by atoms with Crippen LogP contribution in [-0.4, -0.2) is 19.1 Å². The third kappa shape index (κ3) is 4.78. The number of nitrogens with two attached hydrogens (primary N) is 1. The summed E-state index contributed by atoms with van der Waals surface area (Å²) in [6.07, 6.45) is 2.44. The van der Waals surface area contributed by atoms with Crippen molar-refractivity contribution < 1.29 is 0 Å². The van der Waals surface area contributed by atoms with E-state index >= 15 is 0 Å². The van der Waals surface area contributed by atoms with Gasteiger partial charge in [0.1, 0.15) is 0 Å². The van der Waals surface area contributed by atoms with E-state index in [4.69, 9.17) is 5.73 Å². The molecule has 0 saturated carbocycles. The summed E-state index contributed by atoms with van der Waals surface area (Å²) < 4.78 is 0.